The standard InChI is InChI=1S/C45H70N2/c1-7-13-19-22-26-38-30-36(24-16-10-4)32-40(34-38)44-42(28-18-12-6)43(29-21-15-9-3)45(47(44)46)41-33-37(25-17-11-5)31-39(35-41)27-23-20-14-8-2/h30-35H,7-29H2,1-6H3. The molecule has 1 aliphatic heterocycles. The summed E-state index contributed by atoms with van der Waals surface area (Å²) in [6, 6.07) is 14.6. The van der Waals surface area contributed by atoms with Crippen LogP contribution >= 0.6 is 0 Å². The van der Waals surface area contributed by atoms with Crippen molar-refractivity contribution in [2.24, 2.45) is 0 Å². The Bertz CT molecular complexity index is 1290. The van der Waals surface area contributed by atoms with Crippen molar-refractivity contribution in [2.45, 2.75) is 189 Å². The van der Waals surface area contributed by atoms with E-state index < -0.39 is 0 Å². The van der Waals surface area contributed by atoms with E-state index in [1.165, 1.54) is 141 Å². The Morgan fingerprint density at radius 2 is 0.660 bits per heavy atom. The molecule has 0 amide bonds. The number of unbranched alkanes of at least 4 members (excludes halogenated alkanes) is 11. The van der Waals surface area contributed by atoms with Gasteiger partial charge in [0.25, 0.3) is 0 Å². The molecule has 260 valence electrons. The molecule has 2 heteroatoms. The minimum atomic E-state index is 1.03. The highest BCUT2D eigenvalue weighted by Gasteiger charge is 2.35. The van der Waals surface area contributed by atoms with Gasteiger partial charge in [-0.2, -0.15) is 0 Å². The molecule has 0 saturated heterocycles. The van der Waals surface area contributed by atoms with Crippen LogP contribution in [0.5, 0.6) is 0 Å². The van der Waals surface area contributed by atoms with Crippen LogP contribution in [0.1, 0.15) is 197 Å². The van der Waals surface area contributed by atoms with Gasteiger partial charge in [-0.25, -0.2) is 4.70 Å². The highest BCUT2D eigenvalue weighted by atomic mass is 15.2. The molecule has 0 atom stereocenters. The van der Waals surface area contributed by atoms with Gasteiger partial charge in [0.2, 0.25) is 11.4 Å². The summed E-state index contributed by atoms with van der Waals surface area (Å²) in [4.78, 5) is 0. The maximum absolute atomic E-state index is 12.5. The molecule has 0 radical (unpaired) electrons. The fourth-order valence-electron chi connectivity index (χ4n) is 7.34. The van der Waals surface area contributed by atoms with E-state index in [1.807, 2.05) is 0 Å². The average Bonchev–Trinajstić information content (AvgIpc) is 3.36. The molecule has 0 fully saturated rings. The molecule has 1 aliphatic rings. The molecule has 47 heavy (non-hydrogen) atoms. The summed E-state index contributed by atoms with van der Waals surface area (Å²) in [5.74, 6) is 0. The Kier molecular flexibility index (Phi) is 18.4. The Morgan fingerprint density at radius 1 is 0.362 bits per heavy atom. The Morgan fingerprint density at radius 3 is 1.04 bits per heavy atom. The van der Waals surface area contributed by atoms with Crippen molar-refractivity contribution in [1.29, 1.82) is 0 Å². The minimum absolute atomic E-state index is 1.03. The largest absolute Gasteiger partial charge is 0.493 e. The van der Waals surface area contributed by atoms with Crippen LogP contribution in [0, 0.1) is 0 Å². The summed E-state index contributed by atoms with van der Waals surface area (Å²) in [7, 11) is 0. The van der Waals surface area contributed by atoms with E-state index >= 15 is 0 Å². The van der Waals surface area contributed by atoms with Crippen molar-refractivity contribution in [2.75, 3.05) is 0 Å². The van der Waals surface area contributed by atoms with E-state index in [2.05, 4.69) is 77.9 Å². The monoisotopic (exact) mass is 639 g/mol. The van der Waals surface area contributed by atoms with Crippen molar-refractivity contribution >= 4 is 11.4 Å². The molecule has 1 heterocycles. The molecular weight excluding hydrogens is 569 g/mol. The lowest BCUT2D eigenvalue weighted by Crippen LogP contribution is -2.05. The molecule has 2 aromatic carbocycles. The van der Waals surface area contributed by atoms with Crippen LogP contribution < -0.4 is 0 Å². The fraction of sp³-hybridized carbons (Fsp3) is 0.644. The van der Waals surface area contributed by atoms with Gasteiger partial charge in [0, 0.05) is 22.3 Å². The van der Waals surface area contributed by atoms with Crippen molar-refractivity contribution in [1.82, 2.24) is 0 Å². The van der Waals surface area contributed by atoms with E-state index in [1.54, 1.807) is 4.70 Å². The summed E-state index contributed by atoms with van der Waals surface area (Å²) >= 11 is 0. The van der Waals surface area contributed by atoms with E-state index in [0.717, 1.165) is 62.8 Å². The van der Waals surface area contributed by atoms with Crippen LogP contribution in [0.3, 0.4) is 0 Å². The van der Waals surface area contributed by atoms with E-state index in [4.69, 9.17) is 0 Å². The van der Waals surface area contributed by atoms with Crippen LogP contribution in [-0.4, -0.2) is 4.70 Å². The van der Waals surface area contributed by atoms with Crippen LogP contribution in [0.25, 0.3) is 16.9 Å². The Labute approximate surface area is 291 Å². The number of hydrogen-bond donors (Lipinski definition) is 0. The minimum Gasteiger partial charge on any atom is -0.493 e. The van der Waals surface area contributed by atoms with Crippen LogP contribution in [0.15, 0.2) is 47.5 Å². The lowest BCUT2D eigenvalue weighted by molar-refractivity contribution is -0.345. The molecular formula is C45H70N2. The zero-order valence-corrected chi connectivity index (χ0v) is 31.6. The van der Waals surface area contributed by atoms with Gasteiger partial charge in [-0.3, -0.25) is 0 Å². The molecule has 0 bridgehead atoms. The van der Waals surface area contributed by atoms with Crippen molar-refractivity contribution in [3.63, 3.8) is 0 Å². The lowest BCUT2D eigenvalue weighted by Gasteiger charge is -2.15. The van der Waals surface area contributed by atoms with Crippen LogP contribution in [0.2, 0.25) is 0 Å². The zero-order chi connectivity index (χ0) is 33.9. The van der Waals surface area contributed by atoms with Gasteiger partial charge < -0.3 is 5.53 Å². The first-order valence-corrected chi connectivity index (χ1v) is 20.2. The van der Waals surface area contributed by atoms with Crippen LogP contribution in [-0.2, 0) is 25.7 Å². The lowest BCUT2D eigenvalue weighted by atomic mass is 9.90. The second-order valence-electron chi connectivity index (χ2n) is 14.4. The average molecular weight is 639 g/mol. The van der Waals surface area contributed by atoms with E-state index in [0.29, 0.717) is 0 Å². The molecule has 0 N–H and O–H groups in total. The van der Waals surface area contributed by atoms with Gasteiger partial charge in [0.05, 0.1) is 0 Å². The van der Waals surface area contributed by atoms with Crippen molar-refractivity contribution < 1.29 is 4.70 Å². The third kappa shape index (κ3) is 12.2. The summed E-state index contributed by atoms with van der Waals surface area (Å²) in [5, 5.41) is 0. The molecule has 0 unspecified atom stereocenters. The second-order valence-corrected chi connectivity index (χ2v) is 14.4. The van der Waals surface area contributed by atoms with Gasteiger partial charge in [0.15, 0.2) is 0 Å². The number of rotatable bonds is 25. The smallest absolute Gasteiger partial charge is 0.211 e. The first-order valence-electron chi connectivity index (χ1n) is 20.2. The fourth-order valence-corrected chi connectivity index (χ4v) is 7.34. The predicted molar refractivity (Wildman–Crippen MR) is 207 cm³/mol. The topological polar surface area (TPSA) is 25.3 Å². The summed E-state index contributed by atoms with van der Waals surface area (Å²) < 4.78 is 1.66. The van der Waals surface area contributed by atoms with Gasteiger partial charge in [0.1, 0.15) is 0 Å². The third-order valence-electron chi connectivity index (χ3n) is 10.1. The first kappa shape index (κ1) is 39.0. The highest BCUT2D eigenvalue weighted by Crippen LogP contribution is 2.45. The zero-order valence-electron chi connectivity index (χ0n) is 31.6. The normalized spacial score (nSPS) is 13.4. The molecule has 0 saturated carbocycles. The van der Waals surface area contributed by atoms with Crippen molar-refractivity contribution in [3.05, 3.63) is 86.5 Å². The molecule has 0 aliphatic carbocycles. The van der Waals surface area contributed by atoms with Crippen LogP contribution in [0.4, 0.5) is 0 Å². The summed E-state index contributed by atoms with van der Waals surface area (Å²) in [5.41, 5.74) is 25.6. The van der Waals surface area contributed by atoms with Crippen molar-refractivity contribution in [3.8, 4) is 0 Å². The van der Waals surface area contributed by atoms with Gasteiger partial charge >= 0.3 is 0 Å². The number of aryl methyl sites for hydroxylation is 4. The van der Waals surface area contributed by atoms with E-state index in [9.17, 15) is 5.53 Å². The summed E-state index contributed by atoms with van der Waals surface area (Å²) in [6.07, 6.45) is 27.5. The number of allylic oxidation sites excluding steroid dienone is 2. The molecule has 2 nitrogen and oxygen atoms in total. The SMILES string of the molecule is CCCCCCc1cc(CCCC)cc(C2=C(CCCC)C(CCCCC)=C(c3cc(CCCC)cc(CCCCCC)c3)[N+]2=[N-])c1. The summed E-state index contributed by atoms with van der Waals surface area (Å²) in [6.45, 7) is 13.8. The maximum Gasteiger partial charge on any atom is 0.211 e. The number of hydrogen-bond acceptors (Lipinski definition) is 0. The number of benzene rings is 2. The molecule has 0 aromatic heterocycles. The van der Waals surface area contributed by atoms with Gasteiger partial charge in [-0.15, -0.1) is 0 Å². The van der Waals surface area contributed by atoms with Gasteiger partial charge in [-0.1, -0.05) is 124 Å². The molecule has 0 spiro atoms. The quantitative estimate of drug-likeness (QED) is 0.0764. The Balaban J connectivity index is 2.17. The maximum atomic E-state index is 12.5. The molecule has 3 rings (SSSR count). The number of nitrogens with zero attached hydrogens (tertiary/aromatic N) is 2. The third-order valence-corrected chi connectivity index (χ3v) is 10.1. The van der Waals surface area contributed by atoms with Gasteiger partial charge in [-0.05, 0) is 124 Å². The first-order chi connectivity index (χ1) is 23.0. The Hall–Kier alpha value is -2.48. The predicted octanol–water partition coefficient (Wildman–Crippen LogP) is 14.6. The second kappa shape index (κ2) is 22.2. The van der Waals surface area contributed by atoms with E-state index in [-0.39, 0.29) is 0 Å². The highest BCUT2D eigenvalue weighted by molar-refractivity contribution is 5.82. The molecule has 2 aromatic rings.